The van der Waals surface area contributed by atoms with Gasteiger partial charge < -0.3 is 20.9 Å². The molecule has 1 aliphatic carbocycles. The van der Waals surface area contributed by atoms with Crippen molar-refractivity contribution in [1.29, 1.82) is 0 Å². The van der Waals surface area contributed by atoms with E-state index in [2.05, 4.69) is 62.2 Å². The minimum absolute atomic E-state index is 0. The minimum atomic E-state index is 0. The Balaban J connectivity index is 0.00000272. The van der Waals surface area contributed by atoms with Crippen molar-refractivity contribution in [2.75, 3.05) is 38.1 Å². The van der Waals surface area contributed by atoms with Crippen molar-refractivity contribution in [3.63, 3.8) is 0 Å². The molecule has 1 saturated carbocycles. The fourth-order valence-corrected chi connectivity index (χ4v) is 4.07. The average molecular weight is 554 g/mol. The number of hydrogen-bond acceptors (Lipinski definition) is 3. The number of hydrogen-bond donors (Lipinski definition) is 3. The van der Waals surface area contributed by atoms with Crippen molar-refractivity contribution in [2.45, 2.75) is 24.8 Å². The lowest BCUT2D eigenvalue weighted by Crippen LogP contribution is -2.47. The number of rotatable bonds is 6. The molecule has 2 aromatic carbocycles. The Kier molecular flexibility index (Phi) is 8.05. The number of carbonyl (C=O) groups is 1. The molecule has 0 bridgehead atoms. The molecule has 1 amide bonds. The Morgan fingerprint density at radius 3 is 2.61 bits per heavy atom. The SMILES string of the molecule is CN=C(NCc1ccc(N2CCNC(=O)C2)cc1)NCC1(c2cccc(Cl)c2)CC1.I. The molecule has 1 aliphatic heterocycles. The Bertz CT molecular complexity index is 930. The second-order valence-corrected chi connectivity index (χ2v) is 8.44. The molecule has 2 aliphatic rings. The number of nitrogens with zero attached hydrogens (tertiary/aromatic N) is 2. The molecule has 8 heteroatoms. The molecule has 4 rings (SSSR count). The topological polar surface area (TPSA) is 68.8 Å². The molecular formula is C23H29ClIN5O. The average Bonchev–Trinajstić information content (AvgIpc) is 3.55. The third-order valence-electron chi connectivity index (χ3n) is 5.91. The van der Waals surface area contributed by atoms with Gasteiger partial charge in [0.2, 0.25) is 5.91 Å². The van der Waals surface area contributed by atoms with Crippen LogP contribution in [0.5, 0.6) is 0 Å². The highest BCUT2D eigenvalue weighted by molar-refractivity contribution is 14.0. The second kappa shape index (κ2) is 10.5. The zero-order valence-electron chi connectivity index (χ0n) is 17.7. The van der Waals surface area contributed by atoms with Crippen LogP contribution in [0.15, 0.2) is 53.5 Å². The van der Waals surface area contributed by atoms with E-state index in [1.807, 2.05) is 12.1 Å². The summed E-state index contributed by atoms with van der Waals surface area (Å²) in [6.45, 7) is 3.48. The number of anilines is 1. The summed E-state index contributed by atoms with van der Waals surface area (Å²) in [7, 11) is 1.79. The highest BCUT2D eigenvalue weighted by Gasteiger charge is 2.44. The predicted octanol–water partition coefficient (Wildman–Crippen LogP) is 3.29. The van der Waals surface area contributed by atoms with Gasteiger partial charge in [0.05, 0.1) is 6.54 Å². The first-order chi connectivity index (χ1) is 14.6. The largest absolute Gasteiger partial charge is 0.360 e. The molecule has 0 spiro atoms. The van der Waals surface area contributed by atoms with Gasteiger partial charge in [-0.25, -0.2) is 0 Å². The molecule has 0 atom stereocenters. The monoisotopic (exact) mass is 553 g/mol. The van der Waals surface area contributed by atoms with Crippen molar-refractivity contribution >= 4 is 53.1 Å². The zero-order chi connectivity index (χ0) is 21.0. The van der Waals surface area contributed by atoms with Crippen molar-refractivity contribution in [2.24, 2.45) is 4.99 Å². The van der Waals surface area contributed by atoms with Crippen LogP contribution in [0, 0.1) is 0 Å². The molecule has 0 radical (unpaired) electrons. The van der Waals surface area contributed by atoms with Gasteiger partial charge in [0.1, 0.15) is 0 Å². The molecule has 2 aromatic rings. The maximum Gasteiger partial charge on any atom is 0.239 e. The predicted molar refractivity (Wildman–Crippen MR) is 138 cm³/mol. The van der Waals surface area contributed by atoms with E-state index in [0.29, 0.717) is 19.6 Å². The molecule has 1 heterocycles. The Hall–Kier alpha value is -2.00. The smallest absolute Gasteiger partial charge is 0.239 e. The zero-order valence-corrected chi connectivity index (χ0v) is 20.7. The van der Waals surface area contributed by atoms with Crippen LogP contribution < -0.4 is 20.9 Å². The highest BCUT2D eigenvalue weighted by Crippen LogP contribution is 2.48. The molecule has 0 unspecified atom stereocenters. The first-order valence-corrected chi connectivity index (χ1v) is 10.8. The van der Waals surface area contributed by atoms with Gasteiger partial charge in [-0.3, -0.25) is 9.79 Å². The summed E-state index contributed by atoms with van der Waals surface area (Å²) in [6, 6.07) is 16.5. The quantitative estimate of drug-likeness (QED) is 0.292. The lowest BCUT2D eigenvalue weighted by molar-refractivity contribution is -0.120. The van der Waals surface area contributed by atoms with E-state index in [-0.39, 0.29) is 35.3 Å². The van der Waals surface area contributed by atoms with Crippen LogP contribution in [0.1, 0.15) is 24.0 Å². The lowest BCUT2D eigenvalue weighted by Gasteiger charge is -2.28. The highest BCUT2D eigenvalue weighted by atomic mass is 127. The summed E-state index contributed by atoms with van der Waals surface area (Å²) in [5, 5.41) is 10.5. The number of piperazine rings is 1. The number of halogens is 2. The number of aliphatic imine (C=N–C) groups is 1. The third kappa shape index (κ3) is 6.04. The molecule has 1 saturated heterocycles. The molecule has 166 valence electrons. The molecule has 0 aromatic heterocycles. The number of benzene rings is 2. The van der Waals surface area contributed by atoms with Crippen molar-refractivity contribution in [1.82, 2.24) is 16.0 Å². The van der Waals surface area contributed by atoms with Gasteiger partial charge in [0.15, 0.2) is 5.96 Å². The van der Waals surface area contributed by atoms with E-state index in [1.165, 1.54) is 11.1 Å². The van der Waals surface area contributed by atoms with E-state index in [9.17, 15) is 4.79 Å². The summed E-state index contributed by atoms with van der Waals surface area (Å²) in [5.74, 6) is 0.869. The summed E-state index contributed by atoms with van der Waals surface area (Å²) in [6.07, 6.45) is 2.32. The Morgan fingerprint density at radius 1 is 1.19 bits per heavy atom. The van der Waals surface area contributed by atoms with Crippen LogP contribution in [0.3, 0.4) is 0 Å². The van der Waals surface area contributed by atoms with E-state index in [1.54, 1.807) is 7.05 Å². The summed E-state index contributed by atoms with van der Waals surface area (Å²) in [5.41, 5.74) is 3.69. The molecule has 31 heavy (non-hydrogen) atoms. The second-order valence-electron chi connectivity index (χ2n) is 8.01. The lowest BCUT2D eigenvalue weighted by atomic mass is 9.96. The first kappa shape index (κ1) is 23.7. The van der Waals surface area contributed by atoms with Gasteiger partial charge in [-0.2, -0.15) is 0 Å². The van der Waals surface area contributed by atoms with Crippen LogP contribution >= 0.6 is 35.6 Å². The number of carbonyl (C=O) groups excluding carboxylic acids is 1. The fourth-order valence-electron chi connectivity index (χ4n) is 3.88. The minimum Gasteiger partial charge on any atom is -0.360 e. The van der Waals surface area contributed by atoms with E-state index < -0.39 is 0 Å². The van der Waals surface area contributed by atoms with Gasteiger partial charge >= 0.3 is 0 Å². The number of guanidine groups is 1. The number of nitrogens with one attached hydrogen (secondary N) is 3. The van der Waals surface area contributed by atoms with Crippen LogP contribution in [0.25, 0.3) is 0 Å². The third-order valence-corrected chi connectivity index (χ3v) is 6.14. The van der Waals surface area contributed by atoms with E-state index in [0.717, 1.165) is 42.6 Å². The van der Waals surface area contributed by atoms with Crippen LogP contribution in [-0.2, 0) is 16.8 Å². The normalized spacial score (nSPS) is 17.4. The van der Waals surface area contributed by atoms with Gasteiger partial charge in [-0.05, 0) is 48.2 Å². The van der Waals surface area contributed by atoms with Crippen molar-refractivity contribution in [3.05, 3.63) is 64.7 Å². The summed E-state index contributed by atoms with van der Waals surface area (Å²) < 4.78 is 0. The standard InChI is InChI=1S/C23H28ClN5O.HI/c1-25-22(28-16-23(9-10-23)18-3-2-4-19(24)13-18)27-14-17-5-7-20(8-6-17)29-12-11-26-21(30)15-29;/h2-8,13H,9-12,14-16H2,1H3,(H,26,30)(H2,25,27,28);1H. The van der Waals surface area contributed by atoms with Crippen LogP contribution in [0.2, 0.25) is 5.02 Å². The van der Waals surface area contributed by atoms with E-state index >= 15 is 0 Å². The Morgan fingerprint density at radius 2 is 1.97 bits per heavy atom. The van der Waals surface area contributed by atoms with Crippen LogP contribution in [0.4, 0.5) is 5.69 Å². The summed E-state index contributed by atoms with van der Waals surface area (Å²) in [4.78, 5) is 18.0. The maximum atomic E-state index is 11.6. The molecule has 2 fully saturated rings. The molecular weight excluding hydrogens is 525 g/mol. The van der Waals surface area contributed by atoms with E-state index in [4.69, 9.17) is 11.6 Å². The first-order valence-electron chi connectivity index (χ1n) is 10.4. The van der Waals surface area contributed by atoms with Crippen molar-refractivity contribution < 1.29 is 4.79 Å². The Labute approximate surface area is 205 Å². The van der Waals surface area contributed by atoms with Crippen molar-refractivity contribution in [3.8, 4) is 0 Å². The maximum absolute atomic E-state index is 11.6. The van der Waals surface area contributed by atoms with Gasteiger partial charge in [0.25, 0.3) is 0 Å². The van der Waals surface area contributed by atoms with Crippen LogP contribution in [-0.4, -0.2) is 45.1 Å². The van der Waals surface area contributed by atoms with Gasteiger partial charge in [-0.15, -0.1) is 24.0 Å². The number of amides is 1. The van der Waals surface area contributed by atoms with Gasteiger partial charge in [0, 0.05) is 49.4 Å². The van der Waals surface area contributed by atoms with Gasteiger partial charge in [-0.1, -0.05) is 35.9 Å². The molecule has 6 nitrogen and oxygen atoms in total. The molecule has 3 N–H and O–H groups in total. The summed E-state index contributed by atoms with van der Waals surface area (Å²) >= 11 is 6.17. The fraction of sp³-hybridized carbons (Fsp3) is 0.391.